The summed E-state index contributed by atoms with van der Waals surface area (Å²) in [7, 11) is -3.62. The van der Waals surface area contributed by atoms with Gasteiger partial charge in [-0.1, -0.05) is 30.3 Å². The van der Waals surface area contributed by atoms with Crippen LogP contribution in [0.3, 0.4) is 0 Å². The number of hydrogen-bond donors (Lipinski definition) is 2. The SMILES string of the molecule is CC(C)(O)C(=O)N1CC[C@H](NS(C)(=O)=O)[C@@H]1Cc1cccc(-c2cccc(F)c2F)c1F. The van der Waals surface area contributed by atoms with E-state index in [1.807, 2.05) is 0 Å². The number of amides is 1. The number of carbonyl (C=O) groups is 1. The van der Waals surface area contributed by atoms with E-state index in [0.717, 1.165) is 12.3 Å². The molecule has 0 saturated carbocycles. The van der Waals surface area contributed by atoms with E-state index < -0.39 is 51.1 Å². The highest BCUT2D eigenvalue weighted by molar-refractivity contribution is 7.88. The summed E-state index contributed by atoms with van der Waals surface area (Å²) in [4.78, 5) is 14.1. The Morgan fingerprint density at radius 2 is 1.72 bits per heavy atom. The fourth-order valence-corrected chi connectivity index (χ4v) is 4.83. The summed E-state index contributed by atoms with van der Waals surface area (Å²) in [5, 5.41) is 10.2. The highest BCUT2D eigenvalue weighted by atomic mass is 32.2. The lowest BCUT2D eigenvalue weighted by atomic mass is 9.95. The number of likely N-dealkylation sites (tertiary alicyclic amines) is 1. The number of sulfonamides is 1. The zero-order chi connectivity index (χ0) is 23.8. The fraction of sp³-hybridized carbons (Fsp3) is 0.409. The Morgan fingerprint density at radius 3 is 2.31 bits per heavy atom. The Kier molecular flexibility index (Phi) is 6.69. The fourth-order valence-electron chi connectivity index (χ4n) is 4.00. The first kappa shape index (κ1) is 24.2. The van der Waals surface area contributed by atoms with Gasteiger partial charge in [0, 0.05) is 23.7 Å². The lowest BCUT2D eigenvalue weighted by Crippen LogP contribution is -2.52. The van der Waals surface area contributed by atoms with E-state index in [2.05, 4.69) is 4.72 Å². The van der Waals surface area contributed by atoms with Gasteiger partial charge in [0.05, 0.1) is 12.3 Å². The van der Waals surface area contributed by atoms with Gasteiger partial charge in [0.25, 0.3) is 5.91 Å². The van der Waals surface area contributed by atoms with Crippen LogP contribution in [-0.2, 0) is 21.2 Å². The molecule has 2 aromatic rings. The molecule has 0 spiro atoms. The zero-order valence-electron chi connectivity index (χ0n) is 17.9. The van der Waals surface area contributed by atoms with Gasteiger partial charge in [-0.25, -0.2) is 26.3 Å². The predicted octanol–water partition coefficient (Wildman–Crippen LogP) is 2.60. The molecule has 1 saturated heterocycles. The van der Waals surface area contributed by atoms with Crippen molar-refractivity contribution in [2.24, 2.45) is 0 Å². The van der Waals surface area contributed by atoms with E-state index in [1.54, 1.807) is 0 Å². The standard InChI is InChI=1S/C22H25F3N2O4S/c1-22(2,29)21(28)27-11-10-17(26-32(3,30)31)18(27)12-13-6-4-7-14(19(13)24)15-8-5-9-16(23)20(15)25/h4-9,17-18,26,29H,10-12H2,1-3H3/t17-,18-/m0/s1. The van der Waals surface area contributed by atoms with E-state index in [0.29, 0.717) is 0 Å². The Morgan fingerprint density at radius 1 is 1.12 bits per heavy atom. The largest absolute Gasteiger partial charge is 0.381 e. The lowest BCUT2D eigenvalue weighted by molar-refractivity contribution is -0.148. The monoisotopic (exact) mass is 470 g/mol. The summed E-state index contributed by atoms with van der Waals surface area (Å²) in [5.74, 6) is -3.70. The van der Waals surface area contributed by atoms with Crippen LogP contribution in [0.5, 0.6) is 0 Å². The van der Waals surface area contributed by atoms with Crippen LogP contribution < -0.4 is 4.72 Å². The number of rotatable bonds is 6. The summed E-state index contributed by atoms with van der Waals surface area (Å²) in [5.41, 5.74) is -1.99. The van der Waals surface area contributed by atoms with E-state index in [-0.39, 0.29) is 36.1 Å². The number of aliphatic hydroxyl groups is 1. The van der Waals surface area contributed by atoms with Gasteiger partial charge in [-0.3, -0.25) is 4.79 Å². The normalized spacial score (nSPS) is 19.4. The van der Waals surface area contributed by atoms with Crippen molar-refractivity contribution < 1.29 is 31.5 Å². The summed E-state index contributed by atoms with van der Waals surface area (Å²) >= 11 is 0. The number of halogens is 3. The van der Waals surface area contributed by atoms with Crippen LogP contribution in [0.4, 0.5) is 13.2 Å². The van der Waals surface area contributed by atoms with Crippen molar-refractivity contribution in [3.63, 3.8) is 0 Å². The van der Waals surface area contributed by atoms with Crippen molar-refractivity contribution in [1.29, 1.82) is 0 Å². The van der Waals surface area contributed by atoms with Crippen LogP contribution in [-0.4, -0.2) is 54.8 Å². The molecule has 1 heterocycles. The quantitative estimate of drug-likeness (QED) is 0.680. The van der Waals surface area contributed by atoms with Crippen LogP contribution in [0.25, 0.3) is 11.1 Å². The minimum absolute atomic E-state index is 0.0917. The Hall–Kier alpha value is -2.43. The molecule has 3 rings (SSSR count). The summed E-state index contributed by atoms with van der Waals surface area (Å²) < 4.78 is 69.4. The average Bonchev–Trinajstić information content (AvgIpc) is 3.05. The highest BCUT2D eigenvalue weighted by Gasteiger charge is 2.42. The van der Waals surface area contributed by atoms with Crippen LogP contribution in [0.15, 0.2) is 36.4 Å². The van der Waals surface area contributed by atoms with Crippen molar-refractivity contribution in [1.82, 2.24) is 9.62 Å². The molecule has 0 aromatic heterocycles. The number of hydrogen-bond acceptors (Lipinski definition) is 4. The third-order valence-electron chi connectivity index (χ3n) is 5.45. The van der Waals surface area contributed by atoms with E-state index >= 15 is 4.39 Å². The van der Waals surface area contributed by atoms with Crippen molar-refractivity contribution in [2.75, 3.05) is 12.8 Å². The molecular weight excluding hydrogens is 445 g/mol. The van der Waals surface area contributed by atoms with Gasteiger partial charge in [-0.15, -0.1) is 0 Å². The molecule has 1 aliphatic rings. The van der Waals surface area contributed by atoms with Gasteiger partial charge < -0.3 is 10.0 Å². The Labute approximate surface area is 185 Å². The molecule has 1 aliphatic heterocycles. The van der Waals surface area contributed by atoms with E-state index in [1.165, 1.54) is 49.1 Å². The molecule has 10 heteroatoms. The molecule has 0 aliphatic carbocycles. The average molecular weight is 471 g/mol. The number of nitrogens with zero attached hydrogens (tertiary/aromatic N) is 1. The van der Waals surface area contributed by atoms with E-state index in [4.69, 9.17) is 0 Å². The minimum atomic E-state index is -3.62. The second-order valence-electron chi connectivity index (χ2n) is 8.49. The van der Waals surface area contributed by atoms with Crippen LogP contribution in [0.1, 0.15) is 25.8 Å². The molecule has 2 atom stereocenters. The molecule has 32 heavy (non-hydrogen) atoms. The van der Waals surface area contributed by atoms with Gasteiger partial charge in [0.1, 0.15) is 11.4 Å². The zero-order valence-corrected chi connectivity index (χ0v) is 18.7. The first-order chi connectivity index (χ1) is 14.8. The topological polar surface area (TPSA) is 86.7 Å². The van der Waals surface area contributed by atoms with Crippen molar-refractivity contribution in [2.45, 2.75) is 44.4 Å². The highest BCUT2D eigenvalue weighted by Crippen LogP contribution is 2.31. The number of benzene rings is 2. The lowest BCUT2D eigenvalue weighted by Gasteiger charge is -2.32. The molecule has 1 fully saturated rings. The molecule has 0 unspecified atom stereocenters. The third-order valence-corrected chi connectivity index (χ3v) is 6.18. The Bertz CT molecular complexity index is 1130. The molecule has 0 radical (unpaired) electrons. The summed E-state index contributed by atoms with van der Waals surface area (Å²) in [6.45, 7) is 2.80. The smallest absolute Gasteiger partial charge is 0.254 e. The van der Waals surface area contributed by atoms with Gasteiger partial charge >= 0.3 is 0 Å². The first-order valence-corrected chi connectivity index (χ1v) is 11.9. The Balaban J connectivity index is 2.01. The van der Waals surface area contributed by atoms with Gasteiger partial charge in [0.15, 0.2) is 11.6 Å². The number of nitrogens with one attached hydrogen (secondary N) is 1. The molecular formula is C22H25F3N2O4S. The van der Waals surface area contributed by atoms with Crippen LogP contribution in [0.2, 0.25) is 0 Å². The van der Waals surface area contributed by atoms with Crippen molar-refractivity contribution in [3.8, 4) is 11.1 Å². The second kappa shape index (κ2) is 8.84. The van der Waals surface area contributed by atoms with E-state index in [9.17, 15) is 27.1 Å². The van der Waals surface area contributed by atoms with Crippen LogP contribution in [0, 0.1) is 17.5 Å². The molecule has 2 N–H and O–H groups in total. The second-order valence-corrected chi connectivity index (χ2v) is 10.3. The maximum atomic E-state index is 15.4. The number of carbonyl (C=O) groups excluding carboxylic acids is 1. The summed E-state index contributed by atoms with van der Waals surface area (Å²) in [6, 6.07) is 6.21. The van der Waals surface area contributed by atoms with Gasteiger partial charge in [-0.05, 0) is 38.3 Å². The molecule has 0 bridgehead atoms. The molecule has 6 nitrogen and oxygen atoms in total. The summed E-state index contributed by atoms with van der Waals surface area (Å²) in [6.07, 6.45) is 1.17. The van der Waals surface area contributed by atoms with Crippen molar-refractivity contribution in [3.05, 3.63) is 59.4 Å². The predicted molar refractivity (Wildman–Crippen MR) is 114 cm³/mol. The molecule has 1 amide bonds. The maximum absolute atomic E-state index is 15.4. The molecule has 174 valence electrons. The minimum Gasteiger partial charge on any atom is -0.381 e. The first-order valence-electron chi connectivity index (χ1n) is 10.0. The third kappa shape index (κ3) is 5.13. The molecule has 2 aromatic carbocycles. The van der Waals surface area contributed by atoms with Crippen molar-refractivity contribution >= 4 is 15.9 Å². The van der Waals surface area contributed by atoms with Crippen LogP contribution >= 0.6 is 0 Å². The maximum Gasteiger partial charge on any atom is 0.254 e. The van der Waals surface area contributed by atoms with Gasteiger partial charge in [-0.2, -0.15) is 0 Å². The van der Waals surface area contributed by atoms with Gasteiger partial charge in [0.2, 0.25) is 10.0 Å².